The fourth-order valence-electron chi connectivity index (χ4n) is 3.61. The van der Waals surface area contributed by atoms with Gasteiger partial charge in [-0.25, -0.2) is 4.98 Å². The van der Waals surface area contributed by atoms with Crippen molar-refractivity contribution in [3.63, 3.8) is 0 Å². The normalized spacial score (nSPS) is 14.2. The number of nitrogens with one attached hydrogen (secondary N) is 2. The molecule has 1 fully saturated rings. The number of hydrogen-bond acceptors (Lipinski definition) is 4. The lowest BCUT2D eigenvalue weighted by Gasteiger charge is -2.14. The Labute approximate surface area is 180 Å². The Hall–Kier alpha value is -2.99. The first-order chi connectivity index (χ1) is 14.6. The molecule has 30 heavy (non-hydrogen) atoms. The maximum Gasteiger partial charge on any atom is 0.236 e. The summed E-state index contributed by atoms with van der Waals surface area (Å²) in [7, 11) is 0. The quantitative estimate of drug-likeness (QED) is 0.526. The van der Waals surface area contributed by atoms with Gasteiger partial charge in [-0.15, -0.1) is 11.3 Å². The van der Waals surface area contributed by atoms with Gasteiger partial charge in [-0.1, -0.05) is 54.6 Å². The molecule has 6 heteroatoms. The molecule has 1 aliphatic carbocycles. The first kappa shape index (κ1) is 20.3. The van der Waals surface area contributed by atoms with E-state index in [-0.39, 0.29) is 11.8 Å². The molecule has 0 saturated heterocycles. The molecular formula is C24H25N3O2S. The van der Waals surface area contributed by atoms with Crippen molar-refractivity contribution in [3.05, 3.63) is 71.1 Å². The van der Waals surface area contributed by atoms with Gasteiger partial charge in [0, 0.05) is 24.4 Å². The van der Waals surface area contributed by atoms with Gasteiger partial charge in [0.25, 0.3) is 0 Å². The van der Waals surface area contributed by atoms with Crippen molar-refractivity contribution in [3.8, 4) is 11.3 Å². The second kappa shape index (κ2) is 8.79. The minimum absolute atomic E-state index is 0.00755. The zero-order valence-corrected chi connectivity index (χ0v) is 17.8. The maximum absolute atomic E-state index is 12.9. The van der Waals surface area contributed by atoms with Crippen LogP contribution in [-0.4, -0.2) is 23.3 Å². The highest BCUT2D eigenvalue weighted by Gasteiger charge is 2.51. The van der Waals surface area contributed by atoms with Crippen molar-refractivity contribution in [1.82, 2.24) is 10.3 Å². The molecule has 4 rings (SSSR count). The Morgan fingerprint density at radius 3 is 2.47 bits per heavy atom. The van der Waals surface area contributed by atoms with Crippen LogP contribution in [0.3, 0.4) is 0 Å². The molecule has 2 aromatic carbocycles. The molecule has 0 radical (unpaired) electrons. The largest absolute Gasteiger partial charge is 0.356 e. The standard InChI is InChI=1S/C24H25N3O2S/c1-17(28)25-15-5-6-18-9-11-19(12-10-18)21-16-30-23(26-21)27-22(29)24(13-14-24)20-7-3-2-4-8-20/h2-4,7-12,16H,5-6,13-15H2,1H3,(H,25,28)(H,26,27,29). The van der Waals surface area contributed by atoms with E-state index in [2.05, 4.69) is 39.9 Å². The van der Waals surface area contributed by atoms with E-state index >= 15 is 0 Å². The second-order valence-corrected chi connectivity index (χ2v) is 8.58. The Balaban J connectivity index is 1.36. The number of aromatic nitrogens is 1. The van der Waals surface area contributed by atoms with Crippen LogP contribution in [0, 0.1) is 0 Å². The average Bonchev–Trinajstić information content (AvgIpc) is 3.45. The summed E-state index contributed by atoms with van der Waals surface area (Å²) < 4.78 is 0. The van der Waals surface area contributed by atoms with Crippen LogP contribution in [0.5, 0.6) is 0 Å². The van der Waals surface area contributed by atoms with E-state index in [9.17, 15) is 9.59 Å². The SMILES string of the molecule is CC(=O)NCCCc1ccc(-c2csc(NC(=O)C3(c4ccccc4)CC3)n2)cc1. The number of carbonyl (C=O) groups is 2. The summed E-state index contributed by atoms with van der Waals surface area (Å²) in [5.74, 6) is 0.0391. The average molecular weight is 420 g/mol. The predicted octanol–water partition coefficient (Wildman–Crippen LogP) is 4.55. The van der Waals surface area contributed by atoms with Crippen LogP contribution >= 0.6 is 11.3 Å². The van der Waals surface area contributed by atoms with Crippen LogP contribution in [0.2, 0.25) is 0 Å². The number of amides is 2. The third kappa shape index (κ3) is 4.60. The number of carbonyl (C=O) groups excluding carboxylic acids is 2. The van der Waals surface area contributed by atoms with E-state index in [0.29, 0.717) is 11.7 Å². The molecule has 0 atom stereocenters. The molecule has 2 N–H and O–H groups in total. The molecule has 1 aromatic heterocycles. The second-order valence-electron chi connectivity index (χ2n) is 7.72. The lowest BCUT2D eigenvalue weighted by Crippen LogP contribution is -2.27. The Bertz CT molecular complexity index is 1020. The van der Waals surface area contributed by atoms with Gasteiger partial charge in [-0.2, -0.15) is 0 Å². The molecule has 0 aliphatic heterocycles. The first-order valence-electron chi connectivity index (χ1n) is 10.2. The van der Waals surface area contributed by atoms with Gasteiger partial charge in [0.2, 0.25) is 11.8 Å². The van der Waals surface area contributed by atoms with Crippen LogP contribution in [0.4, 0.5) is 5.13 Å². The summed E-state index contributed by atoms with van der Waals surface area (Å²) in [5.41, 5.74) is 3.80. The molecule has 0 unspecified atom stereocenters. The van der Waals surface area contributed by atoms with Gasteiger partial charge < -0.3 is 10.6 Å². The van der Waals surface area contributed by atoms with Crippen LogP contribution in [0.25, 0.3) is 11.3 Å². The number of thiazole rings is 1. The number of rotatable bonds is 8. The Kier molecular flexibility index (Phi) is 5.95. The number of nitrogens with zero attached hydrogens (tertiary/aromatic N) is 1. The molecule has 1 heterocycles. The zero-order valence-electron chi connectivity index (χ0n) is 17.0. The monoisotopic (exact) mass is 419 g/mol. The summed E-state index contributed by atoms with van der Waals surface area (Å²) in [4.78, 5) is 28.4. The van der Waals surface area contributed by atoms with Gasteiger partial charge in [0.05, 0.1) is 11.1 Å². The highest BCUT2D eigenvalue weighted by atomic mass is 32.1. The fourth-order valence-corrected chi connectivity index (χ4v) is 4.32. The van der Waals surface area contributed by atoms with Crippen molar-refractivity contribution in [2.45, 2.75) is 38.0 Å². The van der Waals surface area contributed by atoms with E-state index in [1.54, 1.807) is 0 Å². The molecule has 0 bridgehead atoms. The molecule has 2 amide bonds. The summed E-state index contributed by atoms with van der Waals surface area (Å²) in [5, 5.41) is 8.45. The summed E-state index contributed by atoms with van der Waals surface area (Å²) in [6.07, 6.45) is 3.59. The zero-order chi connectivity index (χ0) is 21.0. The van der Waals surface area contributed by atoms with E-state index in [0.717, 1.165) is 42.5 Å². The highest BCUT2D eigenvalue weighted by Crippen LogP contribution is 2.49. The van der Waals surface area contributed by atoms with Crippen LogP contribution in [-0.2, 0) is 21.4 Å². The molecule has 5 nitrogen and oxygen atoms in total. The van der Waals surface area contributed by atoms with Crippen LogP contribution in [0.15, 0.2) is 60.0 Å². The number of aryl methyl sites for hydroxylation is 1. The van der Waals surface area contributed by atoms with Gasteiger partial charge in [-0.05, 0) is 36.8 Å². The fraction of sp³-hybridized carbons (Fsp3) is 0.292. The van der Waals surface area contributed by atoms with Crippen molar-refractivity contribution < 1.29 is 9.59 Å². The molecule has 3 aromatic rings. The molecule has 1 aliphatic rings. The summed E-state index contributed by atoms with van der Waals surface area (Å²) >= 11 is 1.45. The third-order valence-corrected chi connectivity index (χ3v) is 6.26. The van der Waals surface area contributed by atoms with E-state index in [4.69, 9.17) is 0 Å². The van der Waals surface area contributed by atoms with Crippen molar-refractivity contribution in [1.29, 1.82) is 0 Å². The maximum atomic E-state index is 12.9. The van der Waals surface area contributed by atoms with Crippen LogP contribution < -0.4 is 10.6 Å². The minimum Gasteiger partial charge on any atom is -0.356 e. The highest BCUT2D eigenvalue weighted by molar-refractivity contribution is 7.14. The third-order valence-electron chi connectivity index (χ3n) is 5.50. The predicted molar refractivity (Wildman–Crippen MR) is 121 cm³/mol. The lowest BCUT2D eigenvalue weighted by molar-refractivity contribution is -0.119. The molecular weight excluding hydrogens is 394 g/mol. The van der Waals surface area contributed by atoms with E-state index in [1.165, 1.54) is 23.8 Å². The van der Waals surface area contributed by atoms with Gasteiger partial charge >= 0.3 is 0 Å². The number of anilines is 1. The molecule has 154 valence electrons. The lowest BCUT2D eigenvalue weighted by atomic mass is 9.95. The summed E-state index contributed by atoms with van der Waals surface area (Å²) in [6, 6.07) is 18.3. The van der Waals surface area contributed by atoms with Gasteiger partial charge in [0.15, 0.2) is 5.13 Å². The molecule has 0 spiro atoms. The number of hydrogen-bond donors (Lipinski definition) is 2. The van der Waals surface area contributed by atoms with Crippen LogP contribution in [0.1, 0.15) is 37.3 Å². The van der Waals surface area contributed by atoms with Gasteiger partial charge in [-0.3, -0.25) is 9.59 Å². The van der Waals surface area contributed by atoms with E-state index < -0.39 is 5.41 Å². The van der Waals surface area contributed by atoms with E-state index in [1.807, 2.05) is 35.7 Å². The van der Waals surface area contributed by atoms with Crippen molar-refractivity contribution >= 4 is 28.3 Å². The topological polar surface area (TPSA) is 71.1 Å². The van der Waals surface area contributed by atoms with Crippen molar-refractivity contribution in [2.75, 3.05) is 11.9 Å². The summed E-state index contributed by atoms with van der Waals surface area (Å²) in [6.45, 7) is 2.22. The smallest absolute Gasteiger partial charge is 0.236 e. The number of benzene rings is 2. The Morgan fingerprint density at radius 1 is 1.07 bits per heavy atom. The molecule has 1 saturated carbocycles. The Morgan fingerprint density at radius 2 is 1.80 bits per heavy atom. The first-order valence-corrected chi connectivity index (χ1v) is 11.1. The van der Waals surface area contributed by atoms with Gasteiger partial charge in [0.1, 0.15) is 0 Å². The minimum atomic E-state index is -0.397. The van der Waals surface area contributed by atoms with Crippen molar-refractivity contribution in [2.24, 2.45) is 0 Å².